The van der Waals surface area contributed by atoms with Crippen molar-refractivity contribution in [3.05, 3.63) is 0 Å². The normalized spacial score (nSPS) is 37.1. The second kappa shape index (κ2) is 4.05. The van der Waals surface area contributed by atoms with Crippen LogP contribution in [0.1, 0.15) is 26.2 Å². The Morgan fingerprint density at radius 2 is 1.94 bits per heavy atom. The molecule has 0 bridgehead atoms. The van der Waals surface area contributed by atoms with Crippen LogP contribution in [0.3, 0.4) is 0 Å². The third-order valence-electron chi connectivity index (χ3n) is 3.97. The van der Waals surface area contributed by atoms with Gasteiger partial charge in [0.15, 0.2) is 0 Å². The Labute approximate surface area is 105 Å². The highest BCUT2D eigenvalue weighted by molar-refractivity contribution is 6.16. The van der Waals surface area contributed by atoms with Gasteiger partial charge < -0.3 is 4.74 Å². The van der Waals surface area contributed by atoms with Crippen molar-refractivity contribution in [2.75, 3.05) is 6.61 Å². The first-order chi connectivity index (χ1) is 8.59. The smallest absolute Gasteiger partial charge is 0.331 e. The number of rotatable bonds is 2. The number of ether oxygens (including phenoxy) is 1. The fourth-order valence-corrected chi connectivity index (χ4v) is 2.76. The summed E-state index contributed by atoms with van der Waals surface area (Å²) < 4.78 is 5.64. The first kappa shape index (κ1) is 11.6. The molecule has 0 aromatic rings. The summed E-state index contributed by atoms with van der Waals surface area (Å²) in [4.78, 5) is 36.6. The molecular weight excluding hydrogens is 236 g/mol. The maximum Gasteiger partial charge on any atom is 0.331 e. The van der Waals surface area contributed by atoms with Crippen molar-refractivity contribution >= 4 is 17.8 Å². The number of barbiturate groups is 1. The van der Waals surface area contributed by atoms with Crippen LogP contribution in [0.2, 0.25) is 0 Å². The van der Waals surface area contributed by atoms with E-state index in [-0.39, 0.29) is 12.1 Å². The van der Waals surface area contributed by atoms with Crippen LogP contribution in [0.5, 0.6) is 0 Å². The molecular formula is C12H16N2O4. The number of nitrogens with zero attached hydrogens (tertiary/aromatic N) is 1. The summed E-state index contributed by atoms with van der Waals surface area (Å²) in [5.74, 6) is -1.23. The predicted molar refractivity (Wildman–Crippen MR) is 60.4 cm³/mol. The molecule has 2 aliphatic heterocycles. The molecule has 4 amide bonds. The molecule has 1 aliphatic carbocycles. The SMILES string of the molecule is CC1C(=O)NC(=O)N(C2CCOC2C2CC2)C1=O. The Kier molecular flexibility index (Phi) is 2.62. The summed E-state index contributed by atoms with van der Waals surface area (Å²) in [5, 5.41) is 2.24. The van der Waals surface area contributed by atoms with Crippen LogP contribution in [-0.2, 0) is 14.3 Å². The van der Waals surface area contributed by atoms with Gasteiger partial charge in [0.2, 0.25) is 11.8 Å². The minimum Gasteiger partial charge on any atom is -0.376 e. The molecule has 2 saturated heterocycles. The van der Waals surface area contributed by atoms with Crippen molar-refractivity contribution in [2.24, 2.45) is 11.8 Å². The summed E-state index contributed by atoms with van der Waals surface area (Å²) in [5.41, 5.74) is 0. The van der Waals surface area contributed by atoms with Gasteiger partial charge in [-0.1, -0.05) is 0 Å². The molecule has 1 saturated carbocycles. The molecule has 3 atom stereocenters. The number of imide groups is 2. The largest absolute Gasteiger partial charge is 0.376 e. The van der Waals surface area contributed by atoms with Gasteiger partial charge in [0.05, 0.1) is 12.1 Å². The van der Waals surface area contributed by atoms with Crippen molar-refractivity contribution in [1.82, 2.24) is 10.2 Å². The zero-order valence-corrected chi connectivity index (χ0v) is 10.2. The molecule has 18 heavy (non-hydrogen) atoms. The molecule has 1 N–H and O–H groups in total. The lowest BCUT2D eigenvalue weighted by molar-refractivity contribution is -0.144. The first-order valence-corrected chi connectivity index (χ1v) is 6.39. The number of carbonyl (C=O) groups is 3. The molecule has 3 fully saturated rings. The first-order valence-electron chi connectivity index (χ1n) is 6.39. The van der Waals surface area contributed by atoms with Crippen molar-refractivity contribution in [1.29, 1.82) is 0 Å². The van der Waals surface area contributed by atoms with E-state index in [0.717, 1.165) is 12.8 Å². The Bertz CT molecular complexity index is 418. The van der Waals surface area contributed by atoms with E-state index >= 15 is 0 Å². The third-order valence-corrected chi connectivity index (χ3v) is 3.97. The van der Waals surface area contributed by atoms with E-state index < -0.39 is 23.8 Å². The van der Waals surface area contributed by atoms with Gasteiger partial charge in [0.1, 0.15) is 5.92 Å². The summed E-state index contributed by atoms with van der Waals surface area (Å²) >= 11 is 0. The minimum atomic E-state index is -0.789. The van der Waals surface area contributed by atoms with Gasteiger partial charge in [-0.25, -0.2) is 4.79 Å². The number of hydrogen-bond donors (Lipinski definition) is 1. The highest BCUT2D eigenvalue weighted by Gasteiger charge is 2.49. The molecule has 0 spiro atoms. The average molecular weight is 252 g/mol. The van der Waals surface area contributed by atoms with E-state index in [4.69, 9.17) is 4.74 Å². The fraction of sp³-hybridized carbons (Fsp3) is 0.750. The summed E-state index contributed by atoms with van der Waals surface area (Å²) in [7, 11) is 0. The van der Waals surface area contributed by atoms with Gasteiger partial charge in [-0.15, -0.1) is 0 Å². The van der Waals surface area contributed by atoms with Crippen molar-refractivity contribution < 1.29 is 19.1 Å². The predicted octanol–water partition coefficient (Wildman–Crippen LogP) is 0.268. The highest BCUT2D eigenvalue weighted by atomic mass is 16.5. The molecule has 3 aliphatic rings. The van der Waals surface area contributed by atoms with E-state index in [1.165, 1.54) is 11.8 Å². The molecule has 98 valence electrons. The topological polar surface area (TPSA) is 75.7 Å². The van der Waals surface area contributed by atoms with Gasteiger partial charge in [0.25, 0.3) is 0 Å². The van der Waals surface area contributed by atoms with Crippen LogP contribution in [0.4, 0.5) is 4.79 Å². The summed E-state index contributed by atoms with van der Waals surface area (Å²) in [6.07, 6.45) is 2.82. The van der Waals surface area contributed by atoms with Gasteiger partial charge in [-0.05, 0) is 32.1 Å². The van der Waals surface area contributed by atoms with Crippen molar-refractivity contribution in [3.63, 3.8) is 0 Å². The third kappa shape index (κ3) is 1.71. The van der Waals surface area contributed by atoms with Crippen LogP contribution in [0.15, 0.2) is 0 Å². The fourth-order valence-electron chi connectivity index (χ4n) is 2.76. The molecule has 2 heterocycles. The highest BCUT2D eigenvalue weighted by Crippen LogP contribution is 2.40. The van der Waals surface area contributed by atoms with Crippen LogP contribution in [-0.4, -0.2) is 41.5 Å². The van der Waals surface area contributed by atoms with E-state index in [2.05, 4.69) is 5.32 Å². The molecule has 0 radical (unpaired) electrons. The van der Waals surface area contributed by atoms with Gasteiger partial charge >= 0.3 is 6.03 Å². The number of urea groups is 1. The Hall–Kier alpha value is -1.43. The van der Waals surface area contributed by atoms with E-state index in [9.17, 15) is 14.4 Å². The summed E-state index contributed by atoms with van der Waals surface area (Å²) in [6, 6.07) is -0.801. The Balaban J connectivity index is 1.83. The van der Waals surface area contributed by atoms with E-state index in [0.29, 0.717) is 18.9 Å². The Morgan fingerprint density at radius 3 is 2.61 bits per heavy atom. The zero-order chi connectivity index (χ0) is 12.9. The van der Waals surface area contributed by atoms with Crippen LogP contribution in [0.25, 0.3) is 0 Å². The molecule has 0 aromatic heterocycles. The number of hydrogen-bond acceptors (Lipinski definition) is 4. The quantitative estimate of drug-likeness (QED) is 0.716. The number of nitrogens with one attached hydrogen (secondary N) is 1. The van der Waals surface area contributed by atoms with E-state index in [1.807, 2.05) is 0 Å². The minimum absolute atomic E-state index is 0.0416. The lowest BCUT2D eigenvalue weighted by Crippen LogP contribution is -2.61. The molecule has 0 aromatic carbocycles. The van der Waals surface area contributed by atoms with Crippen molar-refractivity contribution in [2.45, 2.75) is 38.3 Å². The van der Waals surface area contributed by atoms with Gasteiger partial charge in [0, 0.05) is 6.61 Å². The standard InChI is InChI=1S/C12H16N2O4/c1-6-10(15)13-12(17)14(11(6)16)8-4-5-18-9(8)7-2-3-7/h6-9H,2-5H2,1H3,(H,13,15,17). The maximum absolute atomic E-state index is 12.1. The molecule has 3 rings (SSSR count). The van der Waals surface area contributed by atoms with Gasteiger partial charge in [-0.2, -0.15) is 0 Å². The second-order valence-electron chi connectivity index (χ2n) is 5.25. The zero-order valence-electron chi connectivity index (χ0n) is 10.2. The number of amides is 4. The lowest BCUT2D eigenvalue weighted by Gasteiger charge is -2.35. The molecule has 3 unspecified atom stereocenters. The monoisotopic (exact) mass is 252 g/mol. The maximum atomic E-state index is 12.1. The number of carbonyl (C=O) groups excluding carboxylic acids is 3. The molecule has 6 nitrogen and oxygen atoms in total. The summed E-state index contributed by atoms with van der Waals surface area (Å²) in [6.45, 7) is 2.10. The van der Waals surface area contributed by atoms with Gasteiger partial charge in [-0.3, -0.25) is 19.8 Å². The molecule has 6 heteroatoms. The second-order valence-corrected chi connectivity index (χ2v) is 5.25. The average Bonchev–Trinajstić information content (AvgIpc) is 3.07. The Morgan fingerprint density at radius 1 is 1.22 bits per heavy atom. The van der Waals surface area contributed by atoms with E-state index in [1.54, 1.807) is 0 Å². The van der Waals surface area contributed by atoms with Crippen LogP contribution in [0, 0.1) is 11.8 Å². The lowest BCUT2D eigenvalue weighted by atomic mass is 10.00. The van der Waals surface area contributed by atoms with Crippen LogP contribution >= 0.6 is 0 Å². The van der Waals surface area contributed by atoms with Crippen LogP contribution < -0.4 is 5.32 Å². The van der Waals surface area contributed by atoms with Crippen molar-refractivity contribution in [3.8, 4) is 0 Å².